The fourth-order valence-electron chi connectivity index (χ4n) is 3.14. The molecule has 0 aliphatic carbocycles. The number of thiophene rings is 1. The quantitative estimate of drug-likeness (QED) is 0.717. The van der Waals surface area contributed by atoms with Crippen LogP contribution in [-0.4, -0.2) is 31.7 Å². The fourth-order valence-corrected chi connectivity index (χ4v) is 6.91. The molecule has 27 heavy (non-hydrogen) atoms. The molecule has 0 bridgehead atoms. The van der Waals surface area contributed by atoms with E-state index in [1.807, 2.05) is 0 Å². The number of nitrogens with one attached hydrogen (secondary N) is 1. The molecule has 1 amide bonds. The molecule has 1 N–H and O–H groups in total. The minimum absolute atomic E-state index is 0.139. The summed E-state index contributed by atoms with van der Waals surface area (Å²) in [6, 6.07) is 9.20. The van der Waals surface area contributed by atoms with Crippen LogP contribution < -0.4 is 5.32 Å². The van der Waals surface area contributed by atoms with Gasteiger partial charge in [-0.25, -0.2) is 12.8 Å². The van der Waals surface area contributed by atoms with Gasteiger partial charge in [-0.05, 0) is 65.5 Å². The standard InChI is InChI=1S/C18H20BrFN2O3S2/c1-18(17(23)21-11-13-3-5-14(20)6-4-13)9-2-10-22(12-18)27(24,25)16-8-7-15(19)26-16/h3-8H,2,9-12H2,1H3,(H,21,23)/t18-/m0/s1. The van der Waals surface area contributed by atoms with Crippen LogP contribution in [0, 0.1) is 11.2 Å². The summed E-state index contributed by atoms with van der Waals surface area (Å²) in [7, 11) is -3.62. The van der Waals surface area contributed by atoms with Gasteiger partial charge in [-0.1, -0.05) is 12.1 Å². The monoisotopic (exact) mass is 474 g/mol. The Hall–Kier alpha value is -1.29. The lowest BCUT2D eigenvalue weighted by Gasteiger charge is -2.38. The van der Waals surface area contributed by atoms with Crippen LogP contribution in [-0.2, 0) is 21.4 Å². The molecular formula is C18H20BrFN2O3S2. The number of hydrogen-bond donors (Lipinski definition) is 1. The Balaban J connectivity index is 1.69. The molecule has 0 radical (unpaired) electrons. The molecule has 146 valence electrons. The van der Waals surface area contributed by atoms with Crippen LogP contribution in [0.2, 0.25) is 0 Å². The number of piperidine rings is 1. The first-order valence-electron chi connectivity index (χ1n) is 8.49. The molecule has 5 nitrogen and oxygen atoms in total. The minimum atomic E-state index is -3.62. The zero-order valence-corrected chi connectivity index (χ0v) is 18.0. The van der Waals surface area contributed by atoms with Gasteiger partial charge in [0.1, 0.15) is 10.0 Å². The highest BCUT2D eigenvalue weighted by Gasteiger charge is 2.42. The Morgan fingerprint density at radius 3 is 2.63 bits per heavy atom. The van der Waals surface area contributed by atoms with Gasteiger partial charge in [-0.3, -0.25) is 4.79 Å². The average molecular weight is 475 g/mol. The number of amides is 1. The number of carbonyl (C=O) groups excluding carboxylic acids is 1. The van der Waals surface area contributed by atoms with Crippen molar-refractivity contribution in [3.8, 4) is 0 Å². The molecule has 1 atom stereocenters. The van der Waals surface area contributed by atoms with Crippen LogP contribution in [0.25, 0.3) is 0 Å². The van der Waals surface area contributed by atoms with Crippen LogP contribution in [0.1, 0.15) is 25.3 Å². The van der Waals surface area contributed by atoms with Gasteiger partial charge in [0, 0.05) is 19.6 Å². The highest BCUT2D eigenvalue weighted by molar-refractivity contribution is 9.11. The van der Waals surface area contributed by atoms with Gasteiger partial charge in [0.25, 0.3) is 10.0 Å². The summed E-state index contributed by atoms with van der Waals surface area (Å²) in [6.45, 7) is 2.61. The maximum absolute atomic E-state index is 13.0. The van der Waals surface area contributed by atoms with Crippen molar-refractivity contribution in [2.75, 3.05) is 13.1 Å². The zero-order valence-electron chi connectivity index (χ0n) is 14.7. The third kappa shape index (κ3) is 4.59. The predicted octanol–water partition coefficient (Wildman–Crippen LogP) is 3.76. The van der Waals surface area contributed by atoms with Gasteiger partial charge >= 0.3 is 0 Å². The van der Waals surface area contributed by atoms with Crippen molar-refractivity contribution in [1.29, 1.82) is 0 Å². The lowest BCUT2D eigenvalue weighted by molar-refractivity contribution is -0.132. The first kappa shape index (κ1) is 20.4. The van der Waals surface area contributed by atoms with Crippen LogP contribution in [0.3, 0.4) is 0 Å². The fraction of sp³-hybridized carbons (Fsp3) is 0.389. The highest BCUT2D eigenvalue weighted by Crippen LogP contribution is 2.35. The van der Waals surface area contributed by atoms with Gasteiger partial charge in [-0.15, -0.1) is 11.3 Å². The van der Waals surface area contributed by atoms with Gasteiger partial charge in [0.2, 0.25) is 5.91 Å². The van der Waals surface area contributed by atoms with Crippen molar-refractivity contribution < 1.29 is 17.6 Å². The number of nitrogens with zero attached hydrogens (tertiary/aromatic N) is 1. The van der Waals surface area contributed by atoms with Gasteiger partial charge in [0.05, 0.1) is 9.20 Å². The molecule has 1 saturated heterocycles. The molecular weight excluding hydrogens is 455 g/mol. The Bertz CT molecular complexity index is 930. The molecule has 1 fully saturated rings. The van der Waals surface area contributed by atoms with Crippen LogP contribution in [0.4, 0.5) is 4.39 Å². The van der Waals surface area contributed by atoms with Crippen molar-refractivity contribution in [3.63, 3.8) is 0 Å². The van der Waals surface area contributed by atoms with E-state index in [0.29, 0.717) is 19.4 Å². The van der Waals surface area contributed by atoms with E-state index in [1.54, 1.807) is 31.2 Å². The zero-order chi connectivity index (χ0) is 19.7. The predicted molar refractivity (Wildman–Crippen MR) is 106 cm³/mol. The Morgan fingerprint density at radius 2 is 2.00 bits per heavy atom. The molecule has 0 unspecified atom stereocenters. The average Bonchev–Trinajstić information content (AvgIpc) is 3.08. The van der Waals surface area contributed by atoms with E-state index in [1.165, 1.54) is 16.4 Å². The molecule has 0 saturated carbocycles. The van der Waals surface area contributed by atoms with Crippen molar-refractivity contribution >= 4 is 43.2 Å². The van der Waals surface area contributed by atoms with E-state index in [-0.39, 0.29) is 29.0 Å². The first-order chi connectivity index (χ1) is 12.7. The van der Waals surface area contributed by atoms with Crippen LogP contribution in [0.5, 0.6) is 0 Å². The molecule has 0 spiro atoms. The number of benzene rings is 1. The molecule has 1 aromatic carbocycles. The van der Waals surface area contributed by atoms with E-state index in [9.17, 15) is 17.6 Å². The van der Waals surface area contributed by atoms with Gasteiger partial charge in [-0.2, -0.15) is 4.31 Å². The number of rotatable bonds is 5. The second kappa shape index (κ2) is 7.98. The number of sulfonamides is 1. The topological polar surface area (TPSA) is 66.5 Å². The smallest absolute Gasteiger partial charge is 0.252 e. The molecule has 1 aromatic heterocycles. The summed E-state index contributed by atoms with van der Waals surface area (Å²) in [6.07, 6.45) is 1.23. The maximum atomic E-state index is 13.0. The second-order valence-electron chi connectivity index (χ2n) is 6.87. The van der Waals surface area contributed by atoms with Gasteiger partial charge < -0.3 is 5.32 Å². The maximum Gasteiger partial charge on any atom is 0.252 e. The lowest BCUT2D eigenvalue weighted by atomic mass is 9.82. The van der Waals surface area contributed by atoms with E-state index in [4.69, 9.17) is 0 Å². The largest absolute Gasteiger partial charge is 0.352 e. The molecule has 1 aliphatic rings. The van der Waals surface area contributed by atoms with Crippen molar-refractivity contribution in [2.24, 2.45) is 5.41 Å². The number of hydrogen-bond acceptors (Lipinski definition) is 4. The van der Waals surface area contributed by atoms with E-state index in [0.717, 1.165) is 20.7 Å². The number of carbonyl (C=O) groups is 1. The summed E-state index contributed by atoms with van der Waals surface area (Å²) in [5.41, 5.74) is -0.0168. The third-order valence-electron chi connectivity index (χ3n) is 4.72. The van der Waals surface area contributed by atoms with Crippen molar-refractivity contribution in [3.05, 3.63) is 51.6 Å². The number of halogens is 2. The Labute approximate surface area is 170 Å². The van der Waals surface area contributed by atoms with Gasteiger partial charge in [0.15, 0.2) is 0 Å². The second-order valence-corrected chi connectivity index (χ2v) is 11.5. The summed E-state index contributed by atoms with van der Waals surface area (Å²) in [4.78, 5) is 12.8. The Morgan fingerprint density at radius 1 is 1.30 bits per heavy atom. The van der Waals surface area contributed by atoms with E-state index < -0.39 is 15.4 Å². The molecule has 2 aromatic rings. The van der Waals surface area contributed by atoms with E-state index in [2.05, 4.69) is 21.2 Å². The minimum Gasteiger partial charge on any atom is -0.352 e. The van der Waals surface area contributed by atoms with Crippen LogP contribution in [0.15, 0.2) is 44.4 Å². The summed E-state index contributed by atoms with van der Waals surface area (Å²) < 4.78 is 41.1. The lowest BCUT2D eigenvalue weighted by Crippen LogP contribution is -2.51. The summed E-state index contributed by atoms with van der Waals surface area (Å²) >= 11 is 4.45. The molecule has 1 aliphatic heterocycles. The Kier molecular flexibility index (Phi) is 6.05. The van der Waals surface area contributed by atoms with E-state index >= 15 is 0 Å². The SMILES string of the molecule is C[C@]1(C(=O)NCc2ccc(F)cc2)CCCN(S(=O)(=O)c2ccc(Br)s2)C1. The molecule has 3 rings (SSSR count). The first-order valence-corrected chi connectivity index (χ1v) is 11.5. The normalized spacial score (nSPS) is 21.1. The third-order valence-corrected chi connectivity index (χ3v) is 8.65. The van der Waals surface area contributed by atoms with Crippen molar-refractivity contribution in [1.82, 2.24) is 9.62 Å². The summed E-state index contributed by atoms with van der Waals surface area (Å²) in [5, 5.41) is 2.86. The van der Waals surface area contributed by atoms with Crippen molar-refractivity contribution in [2.45, 2.75) is 30.5 Å². The molecule has 9 heteroatoms. The van der Waals surface area contributed by atoms with Crippen LogP contribution >= 0.6 is 27.3 Å². The highest BCUT2D eigenvalue weighted by atomic mass is 79.9. The summed E-state index contributed by atoms with van der Waals surface area (Å²) in [5.74, 6) is -0.524. The molecule has 2 heterocycles.